The van der Waals surface area contributed by atoms with Crippen molar-refractivity contribution in [1.29, 1.82) is 0 Å². The fourth-order valence-electron chi connectivity index (χ4n) is 7.13. The molecule has 3 amide bonds. The maximum atomic E-state index is 12.5. The first-order chi connectivity index (χ1) is 35.2. The molecule has 0 unspecified atom stereocenters. The third-order valence-corrected chi connectivity index (χ3v) is 14.9. The molecule has 0 aromatic heterocycles. The Bertz CT molecular complexity index is 2680. The van der Waals surface area contributed by atoms with E-state index in [1.807, 2.05) is 36.4 Å². The number of ether oxygens (including phenoxy) is 3. The van der Waals surface area contributed by atoms with Crippen LogP contribution in [0.1, 0.15) is 129 Å². The van der Waals surface area contributed by atoms with Crippen LogP contribution in [0.25, 0.3) is 0 Å². The number of fused-ring (bicyclic) bond motifs is 3. The molecule has 17 nitrogen and oxygen atoms in total. The fourth-order valence-corrected chi connectivity index (χ4v) is 10.4. The summed E-state index contributed by atoms with van der Waals surface area (Å²) in [7, 11) is -6.50. The summed E-state index contributed by atoms with van der Waals surface area (Å²) in [4.78, 5) is 34.0. The Kier molecular flexibility index (Phi) is 32.4. The number of nitrogens with zero attached hydrogens (tertiary/aromatic N) is 2. The number of hydrogen-bond acceptors (Lipinski definition) is 14. The third-order valence-electron chi connectivity index (χ3n) is 10.9. The van der Waals surface area contributed by atoms with Gasteiger partial charge in [-0.1, -0.05) is 164 Å². The van der Waals surface area contributed by atoms with E-state index in [-0.39, 0.29) is 68.4 Å². The summed E-state index contributed by atoms with van der Waals surface area (Å²) in [5, 5.41) is 11.2. The number of sulfonamides is 2. The second kappa shape index (κ2) is 36.5. The number of nitrogens with one attached hydrogen (secondary N) is 1. The molecule has 0 atom stereocenters. The topological polar surface area (TPSA) is 246 Å². The summed E-state index contributed by atoms with van der Waals surface area (Å²) in [6.45, 7) is 4.98. The van der Waals surface area contributed by atoms with Crippen LogP contribution in [-0.4, -0.2) is 73.6 Å². The van der Waals surface area contributed by atoms with Gasteiger partial charge >= 0.3 is 47.8 Å². The molecule has 74 heavy (non-hydrogen) atoms. The van der Waals surface area contributed by atoms with Crippen molar-refractivity contribution < 1.29 is 95.7 Å². The second-order valence-electron chi connectivity index (χ2n) is 16.7. The van der Waals surface area contributed by atoms with Gasteiger partial charge < -0.3 is 26.5 Å². The number of rotatable bonds is 19. The van der Waals surface area contributed by atoms with Crippen molar-refractivity contribution >= 4 is 80.8 Å². The maximum Gasteiger partial charge on any atom is 1.00 e. The van der Waals surface area contributed by atoms with Crippen molar-refractivity contribution in [2.45, 2.75) is 130 Å². The number of nitrogen functional groups attached to an aromatic ring is 1. The van der Waals surface area contributed by atoms with E-state index in [9.17, 15) is 44.0 Å². The number of nitrogens with two attached hydrogens (primary N) is 1. The number of hydrogen-bond donors (Lipinski definition) is 3. The van der Waals surface area contributed by atoms with Crippen LogP contribution in [0.2, 0.25) is 0 Å². The molecule has 4 aromatic rings. The maximum absolute atomic E-state index is 12.5. The van der Waals surface area contributed by atoms with Crippen LogP contribution in [0.4, 0.5) is 41.5 Å². The smallest absolute Gasteiger partial charge is 1.00 e. The van der Waals surface area contributed by atoms with Crippen LogP contribution in [0.3, 0.4) is 0 Å². The first-order valence-electron chi connectivity index (χ1n) is 24.7. The van der Waals surface area contributed by atoms with E-state index in [0.29, 0.717) is 46.4 Å². The Morgan fingerprint density at radius 3 is 1.51 bits per heavy atom. The quantitative estimate of drug-likeness (QED) is 0.0261. The molecule has 3 aliphatic heterocycles. The van der Waals surface area contributed by atoms with Crippen molar-refractivity contribution in [3.8, 4) is 0 Å². The van der Waals surface area contributed by atoms with E-state index < -0.39 is 48.4 Å². The zero-order valence-corrected chi connectivity index (χ0v) is 48.1. The van der Waals surface area contributed by atoms with Crippen molar-refractivity contribution in [1.82, 2.24) is 0 Å². The van der Waals surface area contributed by atoms with Gasteiger partial charge in [0, 0.05) is 38.6 Å². The summed E-state index contributed by atoms with van der Waals surface area (Å²) in [6, 6.07) is 28.5. The van der Waals surface area contributed by atoms with Gasteiger partial charge in [-0.3, -0.25) is 9.71 Å². The number of aliphatic hydroxyl groups excluding tert-OH is 1. The predicted molar refractivity (Wildman–Crippen MR) is 288 cm³/mol. The van der Waals surface area contributed by atoms with E-state index >= 15 is 0 Å². The molecule has 0 aliphatic carbocycles. The van der Waals surface area contributed by atoms with Gasteiger partial charge in [0.2, 0.25) is 29.1 Å². The fraction of sp³-hybridized carbons (Fsp3) is 0.471. The van der Waals surface area contributed by atoms with Crippen LogP contribution < -0.4 is 49.2 Å². The summed E-state index contributed by atoms with van der Waals surface area (Å²) in [5.41, 5.74) is 11.0. The van der Waals surface area contributed by atoms with Gasteiger partial charge in [0.1, 0.15) is 19.8 Å². The van der Waals surface area contributed by atoms with Gasteiger partial charge in [0.05, 0.1) is 50.0 Å². The number of anilines is 4. The minimum Gasteiger partial charge on any atom is -1.00 e. The molecule has 0 radical (unpaired) electrons. The van der Waals surface area contributed by atoms with Gasteiger partial charge in [-0.25, -0.2) is 39.6 Å². The van der Waals surface area contributed by atoms with E-state index in [0.717, 1.165) is 65.0 Å². The van der Waals surface area contributed by atoms with Crippen LogP contribution in [0.15, 0.2) is 97.1 Å². The summed E-state index contributed by atoms with van der Waals surface area (Å²) < 4.78 is 100. The largest absolute Gasteiger partial charge is 1.00 e. The van der Waals surface area contributed by atoms with Gasteiger partial charge in [-0.15, -0.1) is 0 Å². The number of cyclic esters (lactones) is 3. The normalized spacial score (nSPS) is 13.4. The van der Waals surface area contributed by atoms with Crippen molar-refractivity contribution in [2.75, 3.05) is 44.6 Å². The van der Waals surface area contributed by atoms with Crippen molar-refractivity contribution in [3.63, 3.8) is 0 Å². The summed E-state index contributed by atoms with van der Waals surface area (Å²) >= 11 is 0. The van der Waals surface area contributed by atoms with E-state index in [2.05, 4.69) is 19.2 Å². The molecule has 0 saturated heterocycles. The first-order valence-corrected chi connectivity index (χ1v) is 29.9. The molecule has 0 fully saturated rings. The van der Waals surface area contributed by atoms with Gasteiger partial charge in [-0.05, 0) is 37.1 Å². The molecule has 0 saturated carbocycles. The Morgan fingerprint density at radius 1 is 0.635 bits per heavy atom. The number of aliphatic hydroxyl groups is 1. The van der Waals surface area contributed by atoms with Gasteiger partial charge in [0.25, 0.3) is 0 Å². The molecule has 4 N–H and O–H groups in total. The number of unbranched alkanes of at least 4 members (excludes halogenated alkanes) is 12. The minimum absolute atomic E-state index is 0. The molecule has 0 bridgehead atoms. The number of alkyl halides is 1. The number of halogens is 2. The van der Waals surface area contributed by atoms with E-state index in [1.54, 1.807) is 60.7 Å². The molecule has 23 heteroatoms. The van der Waals surface area contributed by atoms with Crippen LogP contribution in [-0.2, 0) is 69.7 Å². The first kappa shape index (κ1) is 65.6. The van der Waals surface area contributed by atoms with Gasteiger partial charge in [0.15, 0.2) is 0 Å². The minimum atomic E-state index is -3.68. The molecular formula is C51H73ClFN4NaO13S3. The number of para-hydroxylation sites is 4. The van der Waals surface area contributed by atoms with Crippen LogP contribution in [0, 0.1) is 0 Å². The van der Waals surface area contributed by atoms with Crippen molar-refractivity contribution in [2.24, 2.45) is 0 Å². The Labute approximate surface area is 467 Å². The van der Waals surface area contributed by atoms with Crippen molar-refractivity contribution in [3.05, 3.63) is 119 Å². The average molecular weight is 1120 g/mol. The predicted octanol–water partition coefficient (Wildman–Crippen LogP) is 8.84. The Balaban J connectivity index is 0.000000939. The SMILES string of the molecule is CCCCCCCCCS(=O)(=O)Cl.CCCCCCCCCS(=O)(=O)N1C(=O)OCc2ccccc21.CS(=O)(=O)N1C(=O)OCc2ccccc21.Nc1ccccc1CO.O=C1Nc2ccccc2CO1.[2H]CF.[H-].[Na+]. The van der Waals surface area contributed by atoms with Crippen LogP contribution >= 0.6 is 10.7 Å². The summed E-state index contributed by atoms with van der Waals surface area (Å²) in [6.07, 6.45) is 14.0. The Hall–Kier alpha value is -4.48. The molecule has 4 aromatic carbocycles. The standard InChI is InChI=1S/C17H25NO4S.C9H19ClO2S.C9H9NO4S.C8H7NO2.C7H9NO.CH3F.Na.H/c1-2-3-4-5-6-7-10-13-23(20,21)18-16-12-9-8-11-15(16)14-22-17(18)19;1-2-3-4-5-6-7-8-9-13(10,11)12;1-15(12,13)10-8-5-3-2-4-7(8)6-14-9(10)11;10-8-9-7-4-2-1-3-6(7)5-11-8;8-7-4-2-1-3-6(7)5-9;1-2;;/h8-9,11-12H,2-7,10,13-14H2,1H3;2-9H2,1H3;2-5H,6H2,1H3;1-4H,5H2,(H,9,10);1-4,9H,5,8H2;1H3;;/q;;;;;;+1;-1/i;;;;;1D;;. The third kappa shape index (κ3) is 25.4. The molecule has 7 rings (SSSR count). The molecular weight excluding hydrogens is 1050 g/mol. The number of carbonyl (C=O) groups excluding carboxylic acids is 3. The zero-order chi connectivity index (χ0) is 55.0. The molecule has 3 aliphatic rings. The zero-order valence-electron chi connectivity index (χ0n) is 44.9. The second-order valence-corrected chi connectivity index (χ2v) is 23.3. The average Bonchev–Trinajstić information content (AvgIpc) is 3.36. The number of carbonyl (C=O) groups is 3. The summed E-state index contributed by atoms with van der Waals surface area (Å²) in [5.74, 6) is 0.104. The molecule has 3 heterocycles. The van der Waals surface area contributed by atoms with E-state index in [1.165, 1.54) is 44.9 Å². The number of benzene rings is 4. The van der Waals surface area contributed by atoms with Gasteiger partial charge in [-0.2, -0.15) is 8.61 Å². The number of amides is 3. The molecule has 0 spiro atoms. The molecule has 408 valence electrons. The van der Waals surface area contributed by atoms with Crippen LogP contribution in [0.5, 0.6) is 0 Å². The van der Waals surface area contributed by atoms with E-state index in [4.69, 9.17) is 37.1 Å². The monoisotopic (exact) mass is 1120 g/mol. The Morgan fingerprint density at radius 2 is 1.04 bits per heavy atom.